The molecule has 0 aliphatic carbocycles. The van der Waals surface area contributed by atoms with Gasteiger partial charge >= 0.3 is 12.0 Å². The third-order valence-corrected chi connectivity index (χ3v) is 4.02. The second-order valence-corrected chi connectivity index (χ2v) is 6.01. The topological polar surface area (TPSA) is 84.3 Å². The summed E-state index contributed by atoms with van der Waals surface area (Å²) in [6.45, 7) is 1.80. The van der Waals surface area contributed by atoms with Crippen molar-refractivity contribution in [3.63, 3.8) is 0 Å². The standard InChI is InChI=1S/C13H23N3O4/c1-14(2)7-10-5-11(17)8-16(10)13(20)15-4-3-9(6-15)12(18)19/h9-11,17H,3-8H2,1-2H3,(H,18,19). The predicted molar refractivity (Wildman–Crippen MR) is 72.4 cm³/mol. The Hall–Kier alpha value is -1.34. The molecule has 2 aliphatic heterocycles. The average Bonchev–Trinajstić information content (AvgIpc) is 2.94. The molecule has 2 N–H and O–H groups in total. The second-order valence-electron chi connectivity index (χ2n) is 6.01. The van der Waals surface area contributed by atoms with E-state index in [1.807, 2.05) is 19.0 Å². The van der Waals surface area contributed by atoms with Gasteiger partial charge in [0.2, 0.25) is 0 Å². The summed E-state index contributed by atoms with van der Waals surface area (Å²) in [5.74, 6) is -1.30. The van der Waals surface area contributed by atoms with Gasteiger partial charge in [-0.15, -0.1) is 0 Å². The molecule has 0 aromatic carbocycles. The van der Waals surface area contributed by atoms with E-state index in [0.717, 1.165) is 0 Å². The first kappa shape index (κ1) is 15.1. The number of nitrogens with zero attached hydrogens (tertiary/aromatic N) is 3. The molecule has 2 saturated heterocycles. The van der Waals surface area contributed by atoms with Gasteiger partial charge in [0.15, 0.2) is 0 Å². The highest BCUT2D eigenvalue weighted by molar-refractivity contribution is 5.78. The van der Waals surface area contributed by atoms with Crippen molar-refractivity contribution in [3.8, 4) is 0 Å². The summed E-state index contributed by atoms with van der Waals surface area (Å²) in [6.07, 6.45) is 0.609. The number of amides is 2. The van der Waals surface area contributed by atoms with Crippen molar-refractivity contribution in [2.75, 3.05) is 40.3 Å². The van der Waals surface area contributed by atoms with E-state index in [0.29, 0.717) is 32.5 Å². The largest absolute Gasteiger partial charge is 0.481 e. The molecule has 3 atom stereocenters. The molecule has 2 fully saturated rings. The van der Waals surface area contributed by atoms with E-state index in [1.54, 1.807) is 9.80 Å². The first-order valence-electron chi connectivity index (χ1n) is 6.99. The molecule has 2 amide bonds. The molecule has 7 nitrogen and oxygen atoms in total. The lowest BCUT2D eigenvalue weighted by Gasteiger charge is -2.30. The number of β-amino-alcohol motifs (C(OH)–C–C–N with tert-alkyl or cyclic N) is 1. The van der Waals surface area contributed by atoms with E-state index in [2.05, 4.69) is 0 Å². The molecular formula is C13H23N3O4. The Kier molecular flexibility index (Phi) is 4.49. The number of carboxylic acid groups (broad SMARTS) is 1. The average molecular weight is 285 g/mol. The lowest BCUT2D eigenvalue weighted by molar-refractivity contribution is -0.141. The quantitative estimate of drug-likeness (QED) is 0.731. The van der Waals surface area contributed by atoms with Crippen LogP contribution in [0.3, 0.4) is 0 Å². The van der Waals surface area contributed by atoms with Crippen LogP contribution in [-0.2, 0) is 4.79 Å². The van der Waals surface area contributed by atoms with Crippen molar-refractivity contribution in [2.24, 2.45) is 5.92 Å². The summed E-state index contributed by atoms with van der Waals surface area (Å²) < 4.78 is 0. The summed E-state index contributed by atoms with van der Waals surface area (Å²) in [4.78, 5) is 28.7. The van der Waals surface area contributed by atoms with Crippen LogP contribution in [0.5, 0.6) is 0 Å². The van der Waals surface area contributed by atoms with Crippen LogP contribution in [0, 0.1) is 5.92 Å². The highest BCUT2D eigenvalue weighted by Gasteiger charge is 2.39. The summed E-state index contributed by atoms with van der Waals surface area (Å²) in [5, 5.41) is 18.8. The van der Waals surface area contributed by atoms with E-state index >= 15 is 0 Å². The molecule has 0 bridgehead atoms. The Morgan fingerprint density at radius 2 is 2.00 bits per heavy atom. The van der Waals surface area contributed by atoms with E-state index in [-0.39, 0.29) is 18.6 Å². The van der Waals surface area contributed by atoms with Crippen LogP contribution in [0.4, 0.5) is 4.79 Å². The molecule has 0 radical (unpaired) electrons. The molecule has 0 aromatic heterocycles. The Labute approximate surface area is 118 Å². The Bertz CT molecular complexity index is 388. The normalized spacial score (nSPS) is 30.3. The highest BCUT2D eigenvalue weighted by atomic mass is 16.4. The summed E-state index contributed by atoms with van der Waals surface area (Å²) >= 11 is 0. The Morgan fingerprint density at radius 3 is 2.55 bits per heavy atom. The van der Waals surface area contributed by atoms with Crippen molar-refractivity contribution >= 4 is 12.0 Å². The number of carbonyl (C=O) groups is 2. The minimum atomic E-state index is -0.841. The first-order valence-corrected chi connectivity index (χ1v) is 6.99. The lowest BCUT2D eigenvalue weighted by atomic mass is 10.1. The smallest absolute Gasteiger partial charge is 0.320 e. The van der Waals surface area contributed by atoms with Gasteiger partial charge in [0, 0.05) is 32.2 Å². The molecule has 20 heavy (non-hydrogen) atoms. The number of carboxylic acids is 1. The predicted octanol–water partition coefficient (Wildman–Crippen LogP) is -0.490. The number of hydrogen-bond acceptors (Lipinski definition) is 4. The molecule has 114 valence electrons. The molecule has 2 heterocycles. The van der Waals surface area contributed by atoms with Crippen LogP contribution in [0.25, 0.3) is 0 Å². The zero-order valence-corrected chi connectivity index (χ0v) is 12.0. The number of hydrogen-bond donors (Lipinski definition) is 2. The first-order chi connectivity index (χ1) is 9.38. The third-order valence-electron chi connectivity index (χ3n) is 4.02. The Balaban J connectivity index is 1.99. The maximum atomic E-state index is 12.5. The number of aliphatic hydroxyl groups is 1. The van der Waals surface area contributed by atoms with Crippen molar-refractivity contribution in [3.05, 3.63) is 0 Å². The molecule has 2 rings (SSSR count). The number of likely N-dealkylation sites (tertiary alicyclic amines) is 2. The minimum absolute atomic E-state index is 0.00335. The maximum Gasteiger partial charge on any atom is 0.320 e. The van der Waals surface area contributed by atoms with Gasteiger partial charge in [0.1, 0.15) is 0 Å². The molecule has 7 heteroatoms. The van der Waals surface area contributed by atoms with Gasteiger partial charge in [-0.05, 0) is 26.9 Å². The van der Waals surface area contributed by atoms with Gasteiger partial charge in [0.05, 0.1) is 12.0 Å². The fraction of sp³-hybridized carbons (Fsp3) is 0.846. The highest BCUT2D eigenvalue weighted by Crippen LogP contribution is 2.24. The SMILES string of the molecule is CN(C)CC1CC(O)CN1C(=O)N1CCC(C(=O)O)C1. The van der Waals surface area contributed by atoms with Gasteiger partial charge < -0.3 is 24.9 Å². The van der Waals surface area contributed by atoms with Crippen molar-refractivity contribution in [1.29, 1.82) is 0 Å². The number of urea groups is 1. The van der Waals surface area contributed by atoms with Crippen molar-refractivity contribution < 1.29 is 19.8 Å². The van der Waals surface area contributed by atoms with Gasteiger partial charge in [0.25, 0.3) is 0 Å². The van der Waals surface area contributed by atoms with Crippen LogP contribution in [0.15, 0.2) is 0 Å². The van der Waals surface area contributed by atoms with E-state index in [9.17, 15) is 14.7 Å². The number of likely N-dealkylation sites (N-methyl/N-ethyl adjacent to an activating group) is 1. The molecular weight excluding hydrogens is 262 g/mol. The lowest BCUT2D eigenvalue weighted by Crippen LogP contribution is -2.47. The van der Waals surface area contributed by atoms with Gasteiger partial charge in [-0.25, -0.2) is 4.79 Å². The van der Waals surface area contributed by atoms with E-state index in [4.69, 9.17) is 5.11 Å². The summed E-state index contributed by atoms with van der Waals surface area (Å²) in [6, 6.07) is -0.145. The van der Waals surface area contributed by atoms with E-state index in [1.165, 1.54) is 0 Å². The van der Waals surface area contributed by atoms with Gasteiger partial charge in [-0.2, -0.15) is 0 Å². The maximum absolute atomic E-state index is 12.5. The molecule has 3 unspecified atom stereocenters. The summed E-state index contributed by atoms with van der Waals surface area (Å²) in [5.41, 5.74) is 0. The van der Waals surface area contributed by atoms with Crippen LogP contribution >= 0.6 is 0 Å². The van der Waals surface area contributed by atoms with Crippen LogP contribution in [-0.4, -0.2) is 89.3 Å². The minimum Gasteiger partial charge on any atom is -0.481 e. The zero-order chi connectivity index (χ0) is 14.9. The molecule has 0 aromatic rings. The van der Waals surface area contributed by atoms with Crippen LogP contribution < -0.4 is 0 Å². The summed E-state index contributed by atoms with van der Waals surface area (Å²) in [7, 11) is 3.87. The van der Waals surface area contributed by atoms with Crippen molar-refractivity contribution in [1.82, 2.24) is 14.7 Å². The number of aliphatic hydroxyl groups excluding tert-OH is 1. The zero-order valence-electron chi connectivity index (χ0n) is 12.0. The molecule has 0 spiro atoms. The fourth-order valence-corrected chi connectivity index (χ4v) is 3.04. The second kappa shape index (κ2) is 5.97. The van der Waals surface area contributed by atoms with E-state index < -0.39 is 18.0 Å². The number of rotatable bonds is 3. The fourth-order valence-electron chi connectivity index (χ4n) is 3.04. The number of aliphatic carboxylic acids is 1. The van der Waals surface area contributed by atoms with Crippen LogP contribution in [0.1, 0.15) is 12.8 Å². The number of carbonyl (C=O) groups excluding carboxylic acids is 1. The Morgan fingerprint density at radius 1 is 1.30 bits per heavy atom. The van der Waals surface area contributed by atoms with Gasteiger partial charge in [-0.3, -0.25) is 4.79 Å². The van der Waals surface area contributed by atoms with Crippen LogP contribution in [0.2, 0.25) is 0 Å². The molecule has 2 aliphatic rings. The van der Waals surface area contributed by atoms with Crippen molar-refractivity contribution in [2.45, 2.75) is 25.0 Å². The monoisotopic (exact) mass is 285 g/mol. The molecule has 0 saturated carbocycles. The van der Waals surface area contributed by atoms with Gasteiger partial charge in [-0.1, -0.05) is 0 Å². The third kappa shape index (κ3) is 3.21.